The zero-order valence-electron chi connectivity index (χ0n) is 10.8. The monoisotopic (exact) mass is 307 g/mol. The zero-order valence-corrected chi connectivity index (χ0v) is 12.4. The summed E-state index contributed by atoms with van der Waals surface area (Å²) in [7, 11) is -1.87. The average Bonchev–Trinajstić information content (AvgIpc) is 2.88. The molecule has 1 aromatic heterocycles. The van der Waals surface area contributed by atoms with E-state index in [0.717, 1.165) is 12.8 Å². The van der Waals surface area contributed by atoms with Gasteiger partial charge >= 0.3 is 0 Å². The van der Waals surface area contributed by atoms with Gasteiger partial charge in [-0.1, -0.05) is 0 Å². The lowest BCUT2D eigenvalue weighted by atomic mass is 10.1. The molecule has 2 rings (SSSR count). The number of aryl methyl sites for hydroxylation is 1. The van der Waals surface area contributed by atoms with Crippen molar-refractivity contribution in [3.05, 3.63) is 12.4 Å². The van der Waals surface area contributed by atoms with Crippen molar-refractivity contribution in [3.63, 3.8) is 0 Å². The fourth-order valence-electron chi connectivity index (χ4n) is 2.15. The number of halogens is 1. The summed E-state index contributed by atoms with van der Waals surface area (Å²) in [5, 5.41) is 4.00. The third-order valence-electron chi connectivity index (χ3n) is 3.24. The van der Waals surface area contributed by atoms with Gasteiger partial charge in [-0.05, 0) is 12.8 Å². The molecule has 1 aliphatic heterocycles. The van der Waals surface area contributed by atoms with E-state index in [0.29, 0.717) is 25.5 Å². The summed E-state index contributed by atoms with van der Waals surface area (Å²) in [5.74, 6) is 0.399. The van der Waals surface area contributed by atoms with Crippen molar-refractivity contribution in [1.82, 2.24) is 14.1 Å². The van der Waals surface area contributed by atoms with Crippen LogP contribution < -0.4 is 0 Å². The van der Waals surface area contributed by atoms with E-state index in [9.17, 15) is 8.42 Å². The van der Waals surface area contributed by atoms with Crippen LogP contribution in [0.15, 0.2) is 17.3 Å². The molecule has 0 spiro atoms. The minimum atomic E-state index is -3.48. The topological polar surface area (TPSA) is 64.4 Å². The Morgan fingerprint density at radius 1 is 1.58 bits per heavy atom. The van der Waals surface area contributed by atoms with E-state index in [-0.39, 0.29) is 11.0 Å². The quantitative estimate of drug-likeness (QED) is 0.759. The Labute approximate surface area is 118 Å². The van der Waals surface area contributed by atoms with E-state index < -0.39 is 10.0 Å². The highest BCUT2D eigenvalue weighted by Crippen LogP contribution is 2.21. The number of rotatable bonds is 5. The standard InChI is InChI=1S/C11H18ClN3O3S/c1-18-10-3-2-5-15(8-10)19(16,17)11-7-13-14(9-11)6-4-12/h7,9-10H,2-6,8H2,1H3. The van der Waals surface area contributed by atoms with Crippen molar-refractivity contribution in [2.45, 2.75) is 30.4 Å². The van der Waals surface area contributed by atoms with Gasteiger partial charge in [0.25, 0.3) is 0 Å². The molecule has 0 amide bonds. The van der Waals surface area contributed by atoms with Crippen molar-refractivity contribution in [1.29, 1.82) is 0 Å². The van der Waals surface area contributed by atoms with Crippen LogP contribution >= 0.6 is 11.6 Å². The number of hydrogen-bond acceptors (Lipinski definition) is 4. The summed E-state index contributed by atoms with van der Waals surface area (Å²) < 4.78 is 33.2. The Bertz CT molecular complexity index is 517. The van der Waals surface area contributed by atoms with Crippen molar-refractivity contribution < 1.29 is 13.2 Å². The minimum absolute atomic E-state index is 0.0265. The maximum atomic E-state index is 12.5. The predicted octanol–water partition coefficient (Wildman–Crippen LogP) is 0.921. The molecule has 6 nitrogen and oxygen atoms in total. The van der Waals surface area contributed by atoms with Crippen LogP contribution in [0.3, 0.4) is 0 Å². The number of alkyl halides is 1. The second-order valence-electron chi connectivity index (χ2n) is 4.49. The van der Waals surface area contributed by atoms with Crippen LogP contribution in [0.2, 0.25) is 0 Å². The van der Waals surface area contributed by atoms with Gasteiger partial charge in [-0.2, -0.15) is 9.40 Å². The molecule has 0 saturated carbocycles. The third-order valence-corrected chi connectivity index (χ3v) is 5.22. The van der Waals surface area contributed by atoms with Crippen LogP contribution in [0, 0.1) is 0 Å². The van der Waals surface area contributed by atoms with Crippen molar-refractivity contribution in [2.24, 2.45) is 0 Å². The van der Waals surface area contributed by atoms with Gasteiger partial charge in [-0.3, -0.25) is 4.68 Å². The molecule has 1 aromatic rings. The highest BCUT2D eigenvalue weighted by molar-refractivity contribution is 7.89. The Kier molecular flexibility index (Phi) is 4.83. The van der Waals surface area contributed by atoms with E-state index in [1.165, 1.54) is 21.4 Å². The van der Waals surface area contributed by atoms with Crippen LogP contribution in [0.1, 0.15) is 12.8 Å². The maximum absolute atomic E-state index is 12.5. The first kappa shape index (κ1) is 14.8. The fraction of sp³-hybridized carbons (Fsp3) is 0.727. The van der Waals surface area contributed by atoms with Crippen LogP contribution in [0.25, 0.3) is 0 Å². The normalized spacial score (nSPS) is 21.7. The molecule has 0 aromatic carbocycles. The molecule has 19 heavy (non-hydrogen) atoms. The van der Waals surface area contributed by atoms with Gasteiger partial charge in [0.15, 0.2) is 0 Å². The first-order chi connectivity index (χ1) is 9.07. The van der Waals surface area contributed by atoms with E-state index in [1.807, 2.05) is 0 Å². The van der Waals surface area contributed by atoms with Gasteiger partial charge in [-0.25, -0.2) is 8.42 Å². The summed E-state index contributed by atoms with van der Waals surface area (Å²) in [5.41, 5.74) is 0. The lowest BCUT2D eigenvalue weighted by Gasteiger charge is -2.30. The molecule has 1 fully saturated rings. The molecular formula is C11H18ClN3O3S. The number of methoxy groups -OCH3 is 1. The van der Waals surface area contributed by atoms with E-state index >= 15 is 0 Å². The Balaban J connectivity index is 2.16. The molecule has 0 N–H and O–H groups in total. The second kappa shape index (κ2) is 6.21. The molecule has 1 unspecified atom stereocenters. The molecule has 1 atom stereocenters. The predicted molar refractivity (Wildman–Crippen MR) is 71.7 cm³/mol. The Hall–Kier alpha value is -0.630. The summed E-state index contributed by atoms with van der Waals surface area (Å²) in [6, 6.07) is 0. The second-order valence-corrected chi connectivity index (χ2v) is 6.81. The van der Waals surface area contributed by atoms with E-state index in [1.54, 1.807) is 7.11 Å². The molecule has 0 aliphatic carbocycles. The first-order valence-corrected chi connectivity index (χ1v) is 8.16. The molecule has 1 saturated heterocycles. The van der Waals surface area contributed by atoms with Crippen LogP contribution in [0.5, 0.6) is 0 Å². The number of nitrogens with zero attached hydrogens (tertiary/aromatic N) is 3. The van der Waals surface area contributed by atoms with E-state index in [2.05, 4.69) is 5.10 Å². The van der Waals surface area contributed by atoms with Crippen molar-refractivity contribution in [3.8, 4) is 0 Å². The summed E-state index contributed by atoms with van der Waals surface area (Å²) >= 11 is 5.61. The summed E-state index contributed by atoms with van der Waals surface area (Å²) in [4.78, 5) is 0.217. The number of ether oxygens (including phenoxy) is 1. The fourth-order valence-corrected chi connectivity index (χ4v) is 3.79. The van der Waals surface area contributed by atoms with Gasteiger partial charge in [0, 0.05) is 32.3 Å². The SMILES string of the molecule is COC1CCCN(S(=O)(=O)c2cnn(CCCl)c2)C1. The molecular weight excluding hydrogens is 290 g/mol. The first-order valence-electron chi connectivity index (χ1n) is 6.19. The van der Waals surface area contributed by atoms with Crippen LogP contribution in [-0.2, 0) is 21.3 Å². The molecule has 2 heterocycles. The Morgan fingerprint density at radius 3 is 3.05 bits per heavy atom. The number of aromatic nitrogens is 2. The highest BCUT2D eigenvalue weighted by atomic mass is 35.5. The summed E-state index contributed by atoms with van der Waals surface area (Å²) in [6.45, 7) is 1.43. The Morgan fingerprint density at radius 2 is 2.37 bits per heavy atom. The number of hydrogen-bond donors (Lipinski definition) is 0. The third kappa shape index (κ3) is 3.28. The van der Waals surface area contributed by atoms with Crippen LogP contribution in [0.4, 0.5) is 0 Å². The van der Waals surface area contributed by atoms with Gasteiger partial charge in [0.1, 0.15) is 4.90 Å². The molecule has 0 radical (unpaired) electrons. The molecule has 8 heteroatoms. The maximum Gasteiger partial charge on any atom is 0.246 e. The molecule has 108 valence electrons. The smallest absolute Gasteiger partial charge is 0.246 e. The molecule has 0 bridgehead atoms. The minimum Gasteiger partial charge on any atom is -0.380 e. The lowest BCUT2D eigenvalue weighted by molar-refractivity contribution is 0.0572. The zero-order chi connectivity index (χ0) is 13.9. The summed E-state index contributed by atoms with van der Waals surface area (Å²) in [6.07, 6.45) is 4.58. The van der Waals surface area contributed by atoms with E-state index in [4.69, 9.17) is 16.3 Å². The van der Waals surface area contributed by atoms with Crippen LogP contribution in [-0.4, -0.2) is 54.7 Å². The van der Waals surface area contributed by atoms with Gasteiger partial charge in [-0.15, -0.1) is 11.6 Å². The van der Waals surface area contributed by atoms with Gasteiger partial charge in [0.2, 0.25) is 10.0 Å². The highest BCUT2D eigenvalue weighted by Gasteiger charge is 2.31. The average molecular weight is 308 g/mol. The number of sulfonamides is 1. The van der Waals surface area contributed by atoms with Gasteiger partial charge in [0.05, 0.1) is 18.8 Å². The number of piperidine rings is 1. The van der Waals surface area contributed by atoms with Crippen molar-refractivity contribution in [2.75, 3.05) is 26.1 Å². The van der Waals surface area contributed by atoms with Gasteiger partial charge < -0.3 is 4.74 Å². The lowest BCUT2D eigenvalue weighted by Crippen LogP contribution is -2.42. The van der Waals surface area contributed by atoms with Crippen molar-refractivity contribution >= 4 is 21.6 Å². The largest absolute Gasteiger partial charge is 0.380 e. The molecule has 1 aliphatic rings.